The summed E-state index contributed by atoms with van der Waals surface area (Å²) < 4.78 is 32.9. The molecule has 1 aliphatic carbocycles. The first-order valence-electron chi connectivity index (χ1n) is 13.8. The van der Waals surface area contributed by atoms with Crippen LogP contribution in [0.25, 0.3) is 16.9 Å². The summed E-state index contributed by atoms with van der Waals surface area (Å²) in [6, 6.07) is 7.20. The molecule has 0 amide bonds. The quantitative estimate of drug-likeness (QED) is 0.217. The number of halogens is 1. The van der Waals surface area contributed by atoms with Gasteiger partial charge in [-0.2, -0.15) is 4.39 Å². The van der Waals surface area contributed by atoms with E-state index < -0.39 is 12.0 Å². The van der Waals surface area contributed by atoms with Crippen molar-refractivity contribution in [2.24, 2.45) is 11.8 Å². The predicted octanol–water partition coefficient (Wildman–Crippen LogP) is 6.27. The van der Waals surface area contributed by atoms with E-state index in [9.17, 15) is 14.3 Å². The number of ether oxygens (including phenoxy) is 3. The van der Waals surface area contributed by atoms with E-state index in [0.717, 1.165) is 43.2 Å². The van der Waals surface area contributed by atoms with Gasteiger partial charge in [0.25, 0.3) is 6.36 Å². The number of nitrogens with zero attached hydrogens (tertiary/aromatic N) is 2. The van der Waals surface area contributed by atoms with Crippen molar-refractivity contribution in [3.63, 3.8) is 0 Å². The van der Waals surface area contributed by atoms with Crippen LogP contribution in [-0.4, -0.2) is 47.0 Å². The lowest BCUT2D eigenvalue weighted by atomic mass is 9.79. The Morgan fingerprint density at radius 3 is 2.72 bits per heavy atom. The second-order valence-electron chi connectivity index (χ2n) is 10.8. The Bertz CT molecular complexity index is 1340. The molecule has 39 heavy (non-hydrogen) atoms. The Morgan fingerprint density at radius 1 is 1.28 bits per heavy atom. The van der Waals surface area contributed by atoms with Crippen molar-refractivity contribution >= 4 is 11.4 Å². The fourth-order valence-corrected chi connectivity index (χ4v) is 5.52. The molecule has 2 fully saturated rings. The van der Waals surface area contributed by atoms with Gasteiger partial charge in [0.1, 0.15) is 22.7 Å². The molecule has 1 saturated carbocycles. The molecular formula is C31H37FN2O5. The van der Waals surface area contributed by atoms with E-state index in [1.165, 1.54) is 20.0 Å². The van der Waals surface area contributed by atoms with Crippen LogP contribution < -0.4 is 9.47 Å². The number of Topliss-reactive ketones (excluding diaryl/α,β-unsaturated/α-hetero) is 1. The second kappa shape index (κ2) is 11.5. The van der Waals surface area contributed by atoms with Gasteiger partial charge in [-0.3, -0.25) is 9.20 Å². The maximum Gasteiger partial charge on any atom is 0.257 e. The average molecular weight is 537 g/mol. The molecule has 2 aliphatic rings. The Balaban J connectivity index is 1.49. The zero-order chi connectivity index (χ0) is 27.6. The summed E-state index contributed by atoms with van der Waals surface area (Å²) in [7, 11) is 1.49. The van der Waals surface area contributed by atoms with Crippen LogP contribution in [0.15, 0.2) is 49.3 Å². The highest BCUT2D eigenvalue weighted by atomic mass is 19.1. The highest BCUT2D eigenvalue weighted by Gasteiger charge is 2.35. The highest BCUT2D eigenvalue weighted by Crippen LogP contribution is 2.40. The number of imidazole rings is 1. The first-order chi connectivity index (χ1) is 18.8. The molecule has 1 saturated heterocycles. The molecule has 3 heterocycles. The SMILES string of the molecule is C=CC(F)Oc1cc(-c2cnc3cc(C(C)(O)C4CCOCC4)ccn23)cc(OC)c1C(=O)CCCC1CC1. The second-order valence-corrected chi connectivity index (χ2v) is 10.8. The summed E-state index contributed by atoms with van der Waals surface area (Å²) in [6.07, 6.45) is 9.05. The van der Waals surface area contributed by atoms with Crippen molar-refractivity contribution in [1.82, 2.24) is 9.38 Å². The van der Waals surface area contributed by atoms with Crippen LogP contribution in [0.5, 0.6) is 11.5 Å². The van der Waals surface area contributed by atoms with E-state index >= 15 is 0 Å². The van der Waals surface area contributed by atoms with Crippen molar-refractivity contribution in [3.8, 4) is 22.8 Å². The molecule has 2 unspecified atom stereocenters. The first-order valence-corrected chi connectivity index (χ1v) is 13.8. The maximum atomic E-state index is 14.4. The molecular weight excluding hydrogens is 499 g/mol. The zero-order valence-electron chi connectivity index (χ0n) is 22.7. The number of fused-ring (bicyclic) bond motifs is 1. The van der Waals surface area contributed by atoms with Crippen molar-refractivity contribution in [1.29, 1.82) is 0 Å². The van der Waals surface area contributed by atoms with E-state index in [0.29, 0.717) is 42.3 Å². The molecule has 208 valence electrons. The lowest BCUT2D eigenvalue weighted by molar-refractivity contribution is -0.0579. The average Bonchev–Trinajstić information content (AvgIpc) is 3.68. The summed E-state index contributed by atoms with van der Waals surface area (Å²) in [5.74, 6) is 1.12. The van der Waals surface area contributed by atoms with Crippen molar-refractivity contribution in [2.75, 3.05) is 20.3 Å². The molecule has 5 rings (SSSR count). The van der Waals surface area contributed by atoms with Gasteiger partial charge in [0.2, 0.25) is 0 Å². The number of rotatable bonds is 12. The highest BCUT2D eigenvalue weighted by molar-refractivity contribution is 6.02. The topological polar surface area (TPSA) is 82.3 Å². The summed E-state index contributed by atoms with van der Waals surface area (Å²) >= 11 is 0. The van der Waals surface area contributed by atoms with Crippen LogP contribution in [0.2, 0.25) is 0 Å². The summed E-state index contributed by atoms with van der Waals surface area (Å²) in [5, 5.41) is 11.4. The summed E-state index contributed by atoms with van der Waals surface area (Å²) in [5.41, 5.74) is 2.05. The van der Waals surface area contributed by atoms with Gasteiger partial charge in [-0.05, 0) is 73.9 Å². The van der Waals surface area contributed by atoms with Gasteiger partial charge < -0.3 is 19.3 Å². The van der Waals surface area contributed by atoms with E-state index in [2.05, 4.69) is 11.6 Å². The number of carbonyl (C=O) groups is 1. The van der Waals surface area contributed by atoms with Gasteiger partial charge in [-0.25, -0.2) is 4.98 Å². The molecule has 2 aromatic heterocycles. The van der Waals surface area contributed by atoms with E-state index in [4.69, 9.17) is 14.2 Å². The molecule has 2 atom stereocenters. The fourth-order valence-electron chi connectivity index (χ4n) is 5.52. The normalized spacial score (nSPS) is 18.5. The Hall–Kier alpha value is -3.23. The molecule has 8 heteroatoms. The third-order valence-electron chi connectivity index (χ3n) is 8.11. The van der Waals surface area contributed by atoms with E-state index in [1.807, 2.05) is 29.7 Å². The Kier molecular flexibility index (Phi) is 8.05. The number of methoxy groups -OCH3 is 1. The minimum Gasteiger partial charge on any atom is -0.496 e. The molecule has 0 spiro atoms. The predicted molar refractivity (Wildman–Crippen MR) is 147 cm³/mol. The molecule has 1 aromatic carbocycles. The minimum absolute atomic E-state index is 0.0972. The largest absolute Gasteiger partial charge is 0.496 e. The number of alkyl halides is 1. The number of benzene rings is 1. The van der Waals surface area contributed by atoms with Crippen LogP contribution >= 0.6 is 0 Å². The number of hydrogen-bond acceptors (Lipinski definition) is 6. The summed E-state index contributed by atoms with van der Waals surface area (Å²) in [4.78, 5) is 17.8. The molecule has 0 bridgehead atoms. The van der Waals surface area contributed by atoms with Crippen LogP contribution in [0, 0.1) is 11.8 Å². The van der Waals surface area contributed by atoms with E-state index in [-0.39, 0.29) is 23.0 Å². The van der Waals surface area contributed by atoms with Gasteiger partial charge >= 0.3 is 0 Å². The van der Waals surface area contributed by atoms with Gasteiger partial charge in [0.05, 0.1) is 24.6 Å². The van der Waals surface area contributed by atoms with Crippen molar-refractivity contribution < 1.29 is 28.5 Å². The van der Waals surface area contributed by atoms with Gasteiger partial charge in [-0.1, -0.05) is 25.8 Å². The summed E-state index contributed by atoms with van der Waals surface area (Å²) in [6.45, 7) is 6.61. The Morgan fingerprint density at radius 2 is 2.03 bits per heavy atom. The van der Waals surface area contributed by atoms with Crippen LogP contribution in [-0.2, 0) is 10.3 Å². The number of hydrogen-bond donors (Lipinski definition) is 1. The smallest absolute Gasteiger partial charge is 0.257 e. The molecule has 1 N–H and O–H groups in total. The van der Waals surface area contributed by atoms with Gasteiger partial charge in [0.15, 0.2) is 5.78 Å². The number of ketones is 1. The zero-order valence-corrected chi connectivity index (χ0v) is 22.7. The molecule has 7 nitrogen and oxygen atoms in total. The van der Waals surface area contributed by atoms with E-state index in [1.54, 1.807) is 18.3 Å². The third kappa shape index (κ3) is 5.87. The lowest BCUT2D eigenvalue weighted by Crippen LogP contribution is -2.36. The number of aromatic nitrogens is 2. The monoisotopic (exact) mass is 536 g/mol. The molecule has 3 aromatic rings. The first kappa shape index (κ1) is 27.3. The van der Waals surface area contributed by atoms with Gasteiger partial charge in [0, 0.05) is 31.4 Å². The lowest BCUT2D eigenvalue weighted by Gasteiger charge is -2.36. The maximum absolute atomic E-state index is 14.4. The number of aliphatic hydroxyl groups is 1. The minimum atomic E-state index is -1.78. The van der Waals surface area contributed by atoms with Gasteiger partial charge in [-0.15, -0.1) is 0 Å². The van der Waals surface area contributed by atoms with Crippen LogP contribution in [0.3, 0.4) is 0 Å². The number of pyridine rings is 1. The standard InChI is InChI=1S/C31H37FN2O5/c1-4-28(32)39-27-17-21(16-26(37-3)30(27)25(35)7-5-6-20-8-9-20)24-19-33-29-18-23(10-13-34(24)29)31(2,36)22-11-14-38-15-12-22/h4,10,13,16-20,22,28,36H,1,5-9,11-12,14-15H2,2-3H3. The molecule has 0 radical (unpaired) electrons. The van der Waals surface area contributed by atoms with Crippen LogP contribution in [0.4, 0.5) is 4.39 Å². The van der Waals surface area contributed by atoms with Crippen LogP contribution in [0.1, 0.15) is 67.8 Å². The fraction of sp³-hybridized carbons (Fsp3) is 0.484. The number of carbonyl (C=O) groups excluding carboxylic acids is 1. The Labute approximate surface area is 228 Å². The van der Waals surface area contributed by atoms with Crippen molar-refractivity contribution in [2.45, 2.75) is 63.8 Å². The third-order valence-corrected chi connectivity index (χ3v) is 8.11. The van der Waals surface area contributed by atoms with Crippen molar-refractivity contribution in [3.05, 3.63) is 60.4 Å². The molecule has 1 aliphatic heterocycles.